The second-order valence-electron chi connectivity index (χ2n) is 5.96. The van der Waals surface area contributed by atoms with E-state index in [0.717, 1.165) is 37.9 Å². The molecule has 0 radical (unpaired) electrons. The maximum Gasteiger partial charge on any atom is 0.315 e. The minimum absolute atomic E-state index is 0.0356. The molecule has 6 heteroatoms. The quantitative estimate of drug-likeness (QED) is 0.410. The lowest BCUT2D eigenvalue weighted by Gasteiger charge is -2.16. The monoisotopic (exact) mass is 314 g/mol. The Hall–Kier alpha value is -0.910. The number of unbranched alkanes of at least 4 members (excludes halogenated alkanes) is 1. The second-order valence-corrected chi connectivity index (χ2v) is 7.23. The Labute approximate surface area is 130 Å². The predicted molar refractivity (Wildman–Crippen MR) is 84.4 cm³/mol. The first-order valence-electron chi connectivity index (χ1n) is 7.98. The van der Waals surface area contributed by atoms with Crippen molar-refractivity contribution < 1.29 is 14.3 Å². The molecule has 2 aliphatic rings. The molecule has 5 nitrogen and oxygen atoms in total. The van der Waals surface area contributed by atoms with Gasteiger partial charge in [-0.1, -0.05) is 19.8 Å². The van der Waals surface area contributed by atoms with Crippen molar-refractivity contribution in [1.29, 1.82) is 0 Å². The lowest BCUT2D eigenvalue weighted by atomic mass is 10.0. The Morgan fingerprint density at radius 2 is 2.24 bits per heavy atom. The number of amides is 2. The number of esters is 1. The van der Waals surface area contributed by atoms with E-state index in [1.807, 2.05) is 18.7 Å². The number of carbonyl (C=O) groups is 2. The lowest BCUT2D eigenvalue weighted by Crippen LogP contribution is -2.36. The Bertz CT molecular complexity index is 378. The number of ether oxygens (including phenoxy) is 1. The average Bonchev–Trinajstić information content (AvgIpc) is 2.94. The van der Waals surface area contributed by atoms with Crippen LogP contribution in [0.5, 0.6) is 0 Å². The molecule has 4 atom stereocenters. The summed E-state index contributed by atoms with van der Waals surface area (Å²) in [6.45, 7) is 4.04. The molecule has 2 heterocycles. The third kappa shape index (κ3) is 4.80. The van der Waals surface area contributed by atoms with Crippen LogP contribution in [0.25, 0.3) is 0 Å². The van der Waals surface area contributed by atoms with Gasteiger partial charge in [0.05, 0.1) is 18.2 Å². The zero-order chi connectivity index (χ0) is 15.2. The van der Waals surface area contributed by atoms with Gasteiger partial charge in [-0.2, -0.15) is 11.8 Å². The average molecular weight is 314 g/mol. The number of thioether (sulfide) groups is 1. The Morgan fingerprint density at radius 1 is 1.43 bits per heavy atom. The first kappa shape index (κ1) is 16.5. The van der Waals surface area contributed by atoms with Crippen molar-refractivity contribution in [2.75, 3.05) is 5.75 Å². The van der Waals surface area contributed by atoms with Gasteiger partial charge in [0.25, 0.3) is 0 Å². The number of rotatable bonds is 8. The standard InChI is InChI=1S/C15H26N2O3S/c1-3-6-10(2)20-13(18)8-5-4-7-12-14-11(9-21-12)16-15(19)17-14/h10-12,14H,3-9H2,1-2H3,(H2,16,17,19)/t10?,11-,12-,14-/m1/s1. The molecule has 0 aliphatic carbocycles. The predicted octanol–water partition coefficient (Wildman–Crippen LogP) is 2.44. The smallest absolute Gasteiger partial charge is 0.315 e. The van der Waals surface area contributed by atoms with Gasteiger partial charge in [-0.25, -0.2) is 4.79 Å². The molecule has 0 aromatic rings. The molecule has 21 heavy (non-hydrogen) atoms. The fraction of sp³-hybridized carbons (Fsp3) is 0.867. The molecule has 2 rings (SSSR count). The summed E-state index contributed by atoms with van der Waals surface area (Å²) in [6.07, 6.45) is 5.43. The molecule has 2 N–H and O–H groups in total. The van der Waals surface area contributed by atoms with Crippen LogP contribution in [0.3, 0.4) is 0 Å². The van der Waals surface area contributed by atoms with Crippen LogP contribution in [0, 0.1) is 0 Å². The van der Waals surface area contributed by atoms with Crippen LogP contribution >= 0.6 is 11.8 Å². The first-order valence-corrected chi connectivity index (χ1v) is 9.03. The number of hydrogen-bond donors (Lipinski definition) is 2. The molecule has 0 aromatic heterocycles. The van der Waals surface area contributed by atoms with Crippen LogP contribution in [0.2, 0.25) is 0 Å². The van der Waals surface area contributed by atoms with E-state index in [-0.39, 0.29) is 30.2 Å². The summed E-state index contributed by atoms with van der Waals surface area (Å²) in [7, 11) is 0. The number of carbonyl (C=O) groups excluding carboxylic acids is 2. The maximum absolute atomic E-state index is 11.7. The van der Waals surface area contributed by atoms with E-state index in [1.165, 1.54) is 0 Å². The van der Waals surface area contributed by atoms with Crippen LogP contribution in [-0.2, 0) is 9.53 Å². The van der Waals surface area contributed by atoms with Crippen LogP contribution in [0.15, 0.2) is 0 Å². The Morgan fingerprint density at radius 3 is 3.00 bits per heavy atom. The van der Waals surface area contributed by atoms with Crippen LogP contribution < -0.4 is 10.6 Å². The number of nitrogens with one attached hydrogen (secondary N) is 2. The molecule has 0 spiro atoms. The number of fused-ring (bicyclic) bond motifs is 1. The highest BCUT2D eigenvalue weighted by atomic mass is 32.2. The summed E-state index contributed by atoms with van der Waals surface area (Å²) in [5, 5.41) is 6.41. The third-order valence-electron chi connectivity index (χ3n) is 4.09. The summed E-state index contributed by atoms with van der Waals surface area (Å²) < 4.78 is 5.34. The van der Waals surface area contributed by atoms with E-state index in [1.54, 1.807) is 0 Å². The van der Waals surface area contributed by atoms with Crippen molar-refractivity contribution in [2.45, 2.75) is 75.8 Å². The van der Waals surface area contributed by atoms with E-state index >= 15 is 0 Å². The van der Waals surface area contributed by atoms with E-state index in [9.17, 15) is 9.59 Å². The fourth-order valence-corrected chi connectivity index (χ4v) is 4.55. The van der Waals surface area contributed by atoms with E-state index in [0.29, 0.717) is 11.7 Å². The molecule has 2 fully saturated rings. The first-order chi connectivity index (χ1) is 10.1. The van der Waals surface area contributed by atoms with Gasteiger partial charge >= 0.3 is 12.0 Å². The van der Waals surface area contributed by atoms with Crippen LogP contribution in [-0.4, -0.2) is 41.2 Å². The van der Waals surface area contributed by atoms with Crippen LogP contribution in [0.4, 0.5) is 4.79 Å². The maximum atomic E-state index is 11.7. The molecule has 1 unspecified atom stereocenters. The van der Waals surface area contributed by atoms with Gasteiger partial charge in [-0.05, 0) is 26.2 Å². The highest BCUT2D eigenvalue weighted by Crippen LogP contribution is 2.33. The van der Waals surface area contributed by atoms with Crippen molar-refractivity contribution >= 4 is 23.8 Å². The van der Waals surface area contributed by atoms with Crippen molar-refractivity contribution in [3.05, 3.63) is 0 Å². The largest absolute Gasteiger partial charge is 0.463 e. The molecule has 0 bridgehead atoms. The van der Waals surface area contributed by atoms with Gasteiger partial charge in [0.1, 0.15) is 0 Å². The summed E-state index contributed by atoms with van der Waals surface area (Å²) in [4.78, 5) is 22.9. The lowest BCUT2D eigenvalue weighted by molar-refractivity contribution is -0.148. The molecule has 2 aliphatic heterocycles. The van der Waals surface area contributed by atoms with E-state index in [2.05, 4.69) is 17.6 Å². The van der Waals surface area contributed by atoms with Crippen LogP contribution in [0.1, 0.15) is 52.4 Å². The fourth-order valence-electron chi connectivity index (χ4n) is 3.01. The van der Waals surface area contributed by atoms with Gasteiger partial charge in [0.15, 0.2) is 0 Å². The summed E-state index contributed by atoms with van der Waals surface area (Å²) in [6, 6.07) is 0.509. The Kier molecular flexibility index (Phi) is 6.21. The number of urea groups is 1. The molecule has 120 valence electrons. The highest BCUT2D eigenvalue weighted by molar-refractivity contribution is 8.00. The minimum atomic E-state index is -0.0799. The summed E-state index contributed by atoms with van der Waals surface area (Å²) in [5.74, 6) is 0.911. The second kappa shape index (κ2) is 7.92. The molecule has 2 saturated heterocycles. The van der Waals surface area contributed by atoms with E-state index < -0.39 is 0 Å². The van der Waals surface area contributed by atoms with Crippen molar-refractivity contribution in [3.63, 3.8) is 0 Å². The zero-order valence-electron chi connectivity index (χ0n) is 12.9. The minimum Gasteiger partial charge on any atom is -0.463 e. The SMILES string of the molecule is CCCC(C)OC(=O)CCCC[C@H]1SC[C@H]2NC(=O)N[C@H]21. The normalized spacial score (nSPS) is 28.7. The van der Waals surface area contributed by atoms with Gasteiger partial charge in [0.2, 0.25) is 0 Å². The van der Waals surface area contributed by atoms with Gasteiger partial charge in [0, 0.05) is 17.4 Å². The summed E-state index contributed by atoms with van der Waals surface area (Å²) in [5.41, 5.74) is 0. The summed E-state index contributed by atoms with van der Waals surface area (Å²) >= 11 is 1.92. The third-order valence-corrected chi connectivity index (χ3v) is 5.59. The molecular weight excluding hydrogens is 288 g/mol. The Balaban J connectivity index is 1.58. The highest BCUT2D eigenvalue weighted by Gasteiger charge is 2.42. The van der Waals surface area contributed by atoms with Gasteiger partial charge in [-0.15, -0.1) is 0 Å². The van der Waals surface area contributed by atoms with E-state index in [4.69, 9.17) is 4.74 Å². The molecule has 0 aromatic carbocycles. The topological polar surface area (TPSA) is 67.4 Å². The number of hydrogen-bond acceptors (Lipinski definition) is 4. The van der Waals surface area contributed by atoms with Gasteiger partial charge < -0.3 is 15.4 Å². The van der Waals surface area contributed by atoms with Crippen molar-refractivity contribution in [2.24, 2.45) is 0 Å². The molecular formula is C15H26N2O3S. The van der Waals surface area contributed by atoms with Gasteiger partial charge in [-0.3, -0.25) is 4.79 Å². The zero-order valence-corrected chi connectivity index (χ0v) is 13.7. The molecule has 0 saturated carbocycles. The van der Waals surface area contributed by atoms with Crippen molar-refractivity contribution in [1.82, 2.24) is 10.6 Å². The molecule has 2 amide bonds. The van der Waals surface area contributed by atoms with Crippen molar-refractivity contribution in [3.8, 4) is 0 Å².